The van der Waals surface area contributed by atoms with Crippen LogP contribution in [0.25, 0.3) is 0 Å². The fraction of sp³-hybridized carbons (Fsp3) is 0.643. The second-order valence-corrected chi connectivity index (χ2v) is 5.52. The van der Waals surface area contributed by atoms with E-state index in [0.717, 1.165) is 51.4 Å². The van der Waals surface area contributed by atoms with Gasteiger partial charge in [0.2, 0.25) is 0 Å². The largest absolute Gasteiger partial charge is 0.417 e. The summed E-state index contributed by atoms with van der Waals surface area (Å²) in [6, 6.07) is 2.57. The molecule has 0 N–H and O–H groups in total. The molecule has 2 aliphatic rings. The van der Waals surface area contributed by atoms with Crippen molar-refractivity contribution in [2.24, 2.45) is 11.8 Å². The summed E-state index contributed by atoms with van der Waals surface area (Å²) in [6.45, 7) is 3.45. The minimum Gasteiger partial charge on any atom is -0.381 e. The normalized spacial score (nSPS) is 21.9. The first-order chi connectivity index (χ1) is 9.54. The van der Waals surface area contributed by atoms with Crippen molar-refractivity contribution < 1.29 is 17.9 Å². The van der Waals surface area contributed by atoms with E-state index in [4.69, 9.17) is 4.74 Å². The number of piperidine rings is 1. The van der Waals surface area contributed by atoms with Crippen molar-refractivity contribution in [1.29, 1.82) is 0 Å². The molecule has 0 amide bonds. The highest BCUT2D eigenvalue weighted by atomic mass is 19.4. The van der Waals surface area contributed by atoms with Crippen LogP contribution in [0, 0.1) is 11.8 Å². The molecule has 3 heterocycles. The molecule has 0 radical (unpaired) electrons. The zero-order valence-electron chi connectivity index (χ0n) is 11.1. The van der Waals surface area contributed by atoms with Gasteiger partial charge in [0.05, 0.1) is 18.8 Å². The van der Waals surface area contributed by atoms with Crippen molar-refractivity contribution in [2.75, 3.05) is 31.2 Å². The topological polar surface area (TPSA) is 25.4 Å². The summed E-state index contributed by atoms with van der Waals surface area (Å²) >= 11 is 0. The Morgan fingerprint density at radius 1 is 1.10 bits per heavy atom. The molecule has 1 aromatic heterocycles. The van der Waals surface area contributed by atoms with E-state index in [0.29, 0.717) is 17.7 Å². The number of anilines is 1. The number of ether oxygens (including phenoxy) is 1. The highest BCUT2D eigenvalue weighted by Gasteiger charge is 2.33. The molecule has 0 spiro atoms. The quantitative estimate of drug-likeness (QED) is 0.836. The van der Waals surface area contributed by atoms with E-state index in [2.05, 4.69) is 9.88 Å². The van der Waals surface area contributed by atoms with Gasteiger partial charge in [-0.2, -0.15) is 13.2 Å². The van der Waals surface area contributed by atoms with Crippen LogP contribution in [0.15, 0.2) is 18.3 Å². The number of hydrogen-bond donors (Lipinski definition) is 0. The molecule has 6 heteroatoms. The van der Waals surface area contributed by atoms with Crippen LogP contribution in [-0.2, 0) is 10.9 Å². The van der Waals surface area contributed by atoms with E-state index in [1.54, 1.807) is 0 Å². The number of halogens is 3. The van der Waals surface area contributed by atoms with Gasteiger partial charge in [-0.1, -0.05) is 0 Å². The molecule has 0 saturated carbocycles. The highest BCUT2D eigenvalue weighted by molar-refractivity contribution is 5.40. The molecule has 0 aliphatic carbocycles. The summed E-state index contributed by atoms with van der Waals surface area (Å²) in [5.41, 5.74) is -0.692. The molecular formula is C14H17F3N2O. The first-order valence-corrected chi connectivity index (χ1v) is 6.90. The minimum absolute atomic E-state index is 0.640. The SMILES string of the molecule is FC(F)(F)c1ccc(N2CCC(C3COC3)CC2)nc1. The Balaban J connectivity index is 1.60. The third-order valence-corrected chi connectivity index (χ3v) is 4.27. The minimum atomic E-state index is -4.32. The monoisotopic (exact) mass is 286 g/mol. The molecule has 3 rings (SSSR count). The first-order valence-electron chi connectivity index (χ1n) is 6.90. The highest BCUT2D eigenvalue weighted by Crippen LogP contribution is 2.32. The van der Waals surface area contributed by atoms with E-state index >= 15 is 0 Å². The lowest BCUT2D eigenvalue weighted by Gasteiger charge is -2.40. The van der Waals surface area contributed by atoms with Crippen molar-refractivity contribution in [1.82, 2.24) is 4.98 Å². The second kappa shape index (κ2) is 5.24. The Labute approximate surface area is 115 Å². The summed E-state index contributed by atoms with van der Waals surface area (Å²) in [5.74, 6) is 2.01. The van der Waals surface area contributed by atoms with Crippen LogP contribution in [0.5, 0.6) is 0 Å². The third-order valence-electron chi connectivity index (χ3n) is 4.27. The summed E-state index contributed by atoms with van der Waals surface area (Å²) in [7, 11) is 0. The van der Waals surface area contributed by atoms with Crippen LogP contribution >= 0.6 is 0 Å². The number of rotatable bonds is 2. The van der Waals surface area contributed by atoms with Gasteiger partial charge in [0, 0.05) is 25.2 Å². The standard InChI is InChI=1S/C14H17F3N2O/c15-14(16,17)12-1-2-13(18-7-12)19-5-3-10(4-6-19)11-8-20-9-11/h1-2,7,10-11H,3-6,8-9H2. The van der Waals surface area contributed by atoms with Gasteiger partial charge in [-0.25, -0.2) is 4.98 Å². The Morgan fingerprint density at radius 3 is 2.25 bits per heavy atom. The molecule has 20 heavy (non-hydrogen) atoms. The van der Waals surface area contributed by atoms with Crippen molar-refractivity contribution in [2.45, 2.75) is 19.0 Å². The number of hydrogen-bond acceptors (Lipinski definition) is 3. The molecule has 2 fully saturated rings. The van der Waals surface area contributed by atoms with Gasteiger partial charge < -0.3 is 9.64 Å². The molecule has 2 aliphatic heterocycles. The maximum Gasteiger partial charge on any atom is 0.417 e. The van der Waals surface area contributed by atoms with Gasteiger partial charge in [0.1, 0.15) is 5.82 Å². The number of nitrogens with zero attached hydrogens (tertiary/aromatic N) is 2. The lowest BCUT2D eigenvalue weighted by atomic mass is 9.83. The van der Waals surface area contributed by atoms with Crippen LogP contribution in [0.4, 0.5) is 19.0 Å². The van der Waals surface area contributed by atoms with Gasteiger partial charge in [-0.3, -0.25) is 0 Å². The average Bonchev–Trinajstić information content (AvgIpc) is 2.37. The van der Waals surface area contributed by atoms with Gasteiger partial charge >= 0.3 is 6.18 Å². The fourth-order valence-electron chi connectivity index (χ4n) is 2.87. The fourth-order valence-corrected chi connectivity index (χ4v) is 2.87. The Bertz CT molecular complexity index is 448. The van der Waals surface area contributed by atoms with Crippen molar-refractivity contribution >= 4 is 5.82 Å². The van der Waals surface area contributed by atoms with Crippen LogP contribution in [0.2, 0.25) is 0 Å². The molecule has 0 bridgehead atoms. The van der Waals surface area contributed by atoms with Crippen LogP contribution in [0.1, 0.15) is 18.4 Å². The molecule has 3 nitrogen and oxygen atoms in total. The van der Waals surface area contributed by atoms with Gasteiger partial charge in [-0.05, 0) is 30.9 Å². The smallest absolute Gasteiger partial charge is 0.381 e. The molecule has 2 saturated heterocycles. The lowest BCUT2D eigenvalue weighted by molar-refractivity contribution is -0.137. The van der Waals surface area contributed by atoms with Crippen LogP contribution < -0.4 is 4.90 Å². The Kier molecular flexibility index (Phi) is 3.58. The molecular weight excluding hydrogens is 269 g/mol. The summed E-state index contributed by atoms with van der Waals surface area (Å²) in [6.07, 6.45) is -1.27. The van der Waals surface area contributed by atoms with E-state index in [-0.39, 0.29) is 0 Å². The Morgan fingerprint density at radius 2 is 1.80 bits per heavy atom. The van der Waals surface area contributed by atoms with Gasteiger partial charge in [0.15, 0.2) is 0 Å². The van der Waals surface area contributed by atoms with E-state index in [1.807, 2.05) is 0 Å². The predicted molar refractivity (Wildman–Crippen MR) is 68.5 cm³/mol. The number of aromatic nitrogens is 1. The zero-order valence-corrected chi connectivity index (χ0v) is 11.1. The maximum atomic E-state index is 12.5. The summed E-state index contributed by atoms with van der Waals surface area (Å²) in [5, 5.41) is 0. The van der Waals surface area contributed by atoms with Crippen molar-refractivity contribution in [3.8, 4) is 0 Å². The Hall–Kier alpha value is -1.30. The first kappa shape index (κ1) is 13.7. The van der Waals surface area contributed by atoms with Gasteiger partial charge in [0.25, 0.3) is 0 Å². The van der Waals surface area contributed by atoms with Crippen LogP contribution in [0.3, 0.4) is 0 Å². The summed E-state index contributed by atoms with van der Waals surface area (Å²) < 4.78 is 42.7. The molecule has 0 atom stereocenters. The molecule has 1 aromatic rings. The maximum absolute atomic E-state index is 12.5. The van der Waals surface area contributed by atoms with Crippen molar-refractivity contribution in [3.63, 3.8) is 0 Å². The van der Waals surface area contributed by atoms with E-state index < -0.39 is 11.7 Å². The number of pyridine rings is 1. The van der Waals surface area contributed by atoms with Crippen molar-refractivity contribution in [3.05, 3.63) is 23.9 Å². The van der Waals surface area contributed by atoms with E-state index in [1.165, 1.54) is 6.07 Å². The zero-order chi connectivity index (χ0) is 14.2. The average molecular weight is 286 g/mol. The number of alkyl halides is 3. The van der Waals surface area contributed by atoms with Gasteiger partial charge in [-0.15, -0.1) is 0 Å². The summed E-state index contributed by atoms with van der Waals surface area (Å²) in [4.78, 5) is 6.02. The molecule has 110 valence electrons. The second-order valence-electron chi connectivity index (χ2n) is 5.52. The van der Waals surface area contributed by atoms with E-state index in [9.17, 15) is 13.2 Å². The lowest BCUT2D eigenvalue weighted by Crippen LogP contribution is -2.42. The van der Waals surface area contributed by atoms with Crippen LogP contribution in [-0.4, -0.2) is 31.3 Å². The molecule has 0 aromatic carbocycles. The predicted octanol–water partition coefficient (Wildman–Crippen LogP) is 2.96. The third kappa shape index (κ3) is 2.75. The molecule has 0 unspecified atom stereocenters.